The molecular weight excluding hydrogens is 356 g/mol. The molecule has 7 nitrogen and oxygen atoms in total. The number of nitrogens with one attached hydrogen (secondary N) is 2. The Bertz CT molecular complexity index is 787. The molecule has 2 aromatic carbocycles. The third-order valence-corrected chi connectivity index (χ3v) is 4.94. The molecule has 1 unspecified atom stereocenters. The summed E-state index contributed by atoms with van der Waals surface area (Å²) in [7, 11) is 3.15. The van der Waals surface area contributed by atoms with Crippen LogP contribution in [-0.2, 0) is 4.79 Å². The van der Waals surface area contributed by atoms with E-state index in [4.69, 9.17) is 4.74 Å². The van der Waals surface area contributed by atoms with Crippen LogP contribution in [0.1, 0.15) is 11.6 Å². The lowest BCUT2D eigenvalue weighted by molar-refractivity contribution is -0.125. The number of methoxy groups -OCH3 is 1. The number of hydrogen-bond donors (Lipinski definition) is 2. The Morgan fingerprint density at radius 3 is 2.18 bits per heavy atom. The lowest BCUT2D eigenvalue weighted by atomic mass is 10.0. The van der Waals surface area contributed by atoms with E-state index in [1.807, 2.05) is 54.6 Å². The zero-order valence-corrected chi connectivity index (χ0v) is 16.2. The number of hydrogen-bond acceptors (Lipinski definition) is 5. The molecule has 1 heterocycles. The Morgan fingerprint density at radius 1 is 0.964 bits per heavy atom. The fourth-order valence-corrected chi connectivity index (χ4v) is 3.44. The second-order valence-corrected chi connectivity index (χ2v) is 6.60. The molecule has 0 aliphatic carbocycles. The molecule has 2 N–H and O–H groups in total. The van der Waals surface area contributed by atoms with E-state index in [9.17, 15) is 9.59 Å². The third kappa shape index (κ3) is 4.61. The van der Waals surface area contributed by atoms with Crippen molar-refractivity contribution in [1.29, 1.82) is 0 Å². The molecule has 0 saturated carbocycles. The summed E-state index contributed by atoms with van der Waals surface area (Å²) < 4.78 is 5.22. The van der Waals surface area contributed by atoms with Crippen LogP contribution in [0.15, 0.2) is 54.6 Å². The molecular formula is C21H26N4O3. The molecule has 0 aromatic heterocycles. The number of benzene rings is 2. The van der Waals surface area contributed by atoms with E-state index >= 15 is 0 Å². The van der Waals surface area contributed by atoms with Gasteiger partial charge in [0.05, 0.1) is 7.11 Å². The Morgan fingerprint density at radius 2 is 1.61 bits per heavy atom. The van der Waals surface area contributed by atoms with Crippen LogP contribution in [0.25, 0.3) is 0 Å². The second-order valence-electron chi connectivity index (χ2n) is 6.60. The van der Waals surface area contributed by atoms with Crippen LogP contribution in [0, 0.1) is 0 Å². The topological polar surface area (TPSA) is 73.9 Å². The maximum Gasteiger partial charge on any atom is 0.321 e. The van der Waals surface area contributed by atoms with Crippen molar-refractivity contribution in [3.8, 4) is 5.75 Å². The molecule has 1 saturated heterocycles. The van der Waals surface area contributed by atoms with Crippen molar-refractivity contribution >= 4 is 17.6 Å². The lowest BCUT2D eigenvalue weighted by Gasteiger charge is -2.39. The normalized spacial score (nSPS) is 15.6. The third-order valence-electron chi connectivity index (χ3n) is 4.94. The maximum absolute atomic E-state index is 12.8. The molecule has 3 amide bonds. The number of piperazine rings is 1. The average Bonchev–Trinajstić information content (AvgIpc) is 2.75. The van der Waals surface area contributed by atoms with Crippen LogP contribution in [-0.4, -0.2) is 57.2 Å². The standard InChI is InChI=1S/C21H26N4O3/c1-22-21(27)23-20(26)19(16-6-4-3-5-7-16)25-14-12-24(13-15-25)17-8-10-18(28-2)11-9-17/h3-11,19H,12-15H2,1-2H3,(H2,22,23,26,27). The van der Waals surface area contributed by atoms with Gasteiger partial charge in [0.15, 0.2) is 0 Å². The molecule has 0 spiro atoms. The minimum absolute atomic E-state index is 0.316. The minimum atomic E-state index is -0.503. The van der Waals surface area contributed by atoms with Gasteiger partial charge in [-0.25, -0.2) is 4.79 Å². The van der Waals surface area contributed by atoms with E-state index in [0.717, 1.165) is 30.1 Å². The molecule has 1 fully saturated rings. The predicted molar refractivity (Wildman–Crippen MR) is 109 cm³/mol. The van der Waals surface area contributed by atoms with Gasteiger partial charge >= 0.3 is 6.03 Å². The van der Waals surface area contributed by atoms with Crippen molar-refractivity contribution in [1.82, 2.24) is 15.5 Å². The molecule has 0 bridgehead atoms. The van der Waals surface area contributed by atoms with E-state index in [1.54, 1.807) is 7.11 Å². The highest BCUT2D eigenvalue weighted by atomic mass is 16.5. The summed E-state index contributed by atoms with van der Waals surface area (Å²) in [6, 6.07) is 16.6. The minimum Gasteiger partial charge on any atom is -0.497 e. The zero-order chi connectivity index (χ0) is 19.9. The van der Waals surface area contributed by atoms with Gasteiger partial charge in [-0.1, -0.05) is 30.3 Å². The van der Waals surface area contributed by atoms with Gasteiger partial charge in [0.2, 0.25) is 5.91 Å². The number of rotatable bonds is 5. The number of carbonyl (C=O) groups excluding carboxylic acids is 2. The fourth-order valence-electron chi connectivity index (χ4n) is 3.44. The van der Waals surface area contributed by atoms with Crippen molar-refractivity contribution in [2.45, 2.75) is 6.04 Å². The first-order valence-electron chi connectivity index (χ1n) is 9.33. The Kier molecular flexibility index (Phi) is 6.49. The molecule has 0 radical (unpaired) electrons. The van der Waals surface area contributed by atoms with Crippen LogP contribution in [0.3, 0.4) is 0 Å². The summed E-state index contributed by atoms with van der Waals surface area (Å²) in [5.41, 5.74) is 2.01. The average molecular weight is 382 g/mol. The van der Waals surface area contributed by atoms with E-state index in [0.29, 0.717) is 13.1 Å². The van der Waals surface area contributed by atoms with E-state index in [2.05, 4.69) is 20.4 Å². The number of nitrogens with zero attached hydrogens (tertiary/aromatic N) is 2. The summed E-state index contributed by atoms with van der Waals surface area (Å²) in [6.45, 7) is 3.02. The summed E-state index contributed by atoms with van der Waals surface area (Å²) >= 11 is 0. The first-order valence-corrected chi connectivity index (χ1v) is 9.33. The highest BCUT2D eigenvalue weighted by molar-refractivity contribution is 5.97. The van der Waals surface area contributed by atoms with Gasteiger partial charge in [-0.2, -0.15) is 0 Å². The van der Waals surface area contributed by atoms with E-state index in [1.165, 1.54) is 7.05 Å². The number of anilines is 1. The Labute approximate surface area is 165 Å². The molecule has 148 valence electrons. The first-order chi connectivity index (χ1) is 13.6. The van der Waals surface area contributed by atoms with Crippen molar-refractivity contribution < 1.29 is 14.3 Å². The maximum atomic E-state index is 12.8. The van der Waals surface area contributed by atoms with Crippen molar-refractivity contribution in [3.05, 3.63) is 60.2 Å². The van der Waals surface area contributed by atoms with Crippen molar-refractivity contribution in [2.75, 3.05) is 45.2 Å². The number of amides is 3. The first kappa shape index (κ1) is 19.7. The van der Waals surface area contributed by atoms with E-state index < -0.39 is 12.1 Å². The molecule has 1 aliphatic rings. The quantitative estimate of drug-likeness (QED) is 0.828. The van der Waals surface area contributed by atoms with Gasteiger partial charge in [-0.05, 0) is 29.8 Å². The van der Waals surface area contributed by atoms with Crippen LogP contribution >= 0.6 is 0 Å². The van der Waals surface area contributed by atoms with Gasteiger partial charge in [0.25, 0.3) is 0 Å². The van der Waals surface area contributed by atoms with Crippen LogP contribution < -0.4 is 20.3 Å². The van der Waals surface area contributed by atoms with Crippen LogP contribution in [0.2, 0.25) is 0 Å². The largest absolute Gasteiger partial charge is 0.497 e. The molecule has 3 rings (SSSR count). The number of imide groups is 1. The number of carbonyl (C=O) groups is 2. The highest BCUT2D eigenvalue weighted by Gasteiger charge is 2.31. The zero-order valence-electron chi connectivity index (χ0n) is 16.2. The summed E-state index contributed by atoms with van der Waals surface area (Å²) in [4.78, 5) is 28.8. The summed E-state index contributed by atoms with van der Waals surface area (Å²) in [5, 5.41) is 4.86. The molecule has 2 aromatic rings. The lowest BCUT2D eigenvalue weighted by Crippen LogP contribution is -2.52. The van der Waals surface area contributed by atoms with Crippen LogP contribution in [0.5, 0.6) is 5.75 Å². The molecule has 28 heavy (non-hydrogen) atoms. The second kappa shape index (κ2) is 9.23. The predicted octanol–water partition coefficient (Wildman–Crippen LogP) is 2.01. The summed E-state index contributed by atoms with van der Waals surface area (Å²) in [5.74, 6) is 0.515. The van der Waals surface area contributed by atoms with Crippen LogP contribution in [0.4, 0.5) is 10.5 Å². The molecule has 1 atom stereocenters. The van der Waals surface area contributed by atoms with Gasteiger partial charge in [0, 0.05) is 38.9 Å². The van der Waals surface area contributed by atoms with Gasteiger partial charge in [0.1, 0.15) is 11.8 Å². The van der Waals surface area contributed by atoms with Gasteiger partial charge in [-0.3, -0.25) is 15.0 Å². The van der Waals surface area contributed by atoms with Crippen molar-refractivity contribution in [2.24, 2.45) is 0 Å². The Hall–Kier alpha value is -3.06. The number of ether oxygens (including phenoxy) is 1. The monoisotopic (exact) mass is 382 g/mol. The number of urea groups is 1. The van der Waals surface area contributed by atoms with Gasteiger partial charge < -0.3 is 15.0 Å². The van der Waals surface area contributed by atoms with Crippen molar-refractivity contribution in [3.63, 3.8) is 0 Å². The fraction of sp³-hybridized carbons (Fsp3) is 0.333. The molecule has 7 heteroatoms. The summed E-state index contributed by atoms with van der Waals surface area (Å²) in [6.07, 6.45) is 0. The smallest absolute Gasteiger partial charge is 0.321 e. The SMILES string of the molecule is CNC(=O)NC(=O)C(c1ccccc1)N1CCN(c2ccc(OC)cc2)CC1. The molecule has 1 aliphatic heterocycles. The highest BCUT2D eigenvalue weighted by Crippen LogP contribution is 2.25. The van der Waals surface area contributed by atoms with E-state index in [-0.39, 0.29) is 5.91 Å². The van der Waals surface area contributed by atoms with Gasteiger partial charge in [-0.15, -0.1) is 0 Å². The Balaban J connectivity index is 1.71.